The van der Waals surface area contributed by atoms with Gasteiger partial charge in [0.25, 0.3) is 0 Å². The van der Waals surface area contributed by atoms with Crippen molar-refractivity contribution in [3.05, 3.63) is 24.3 Å². The molecule has 6 nitrogen and oxygen atoms in total. The van der Waals surface area contributed by atoms with Crippen LogP contribution < -0.4 is 16.0 Å². The number of rotatable bonds is 2. The number of guanidine groups is 1. The molecule has 6 N–H and O–H groups in total. The van der Waals surface area contributed by atoms with Crippen LogP contribution in [0.3, 0.4) is 0 Å². The van der Waals surface area contributed by atoms with E-state index in [1.54, 1.807) is 18.2 Å². The van der Waals surface area contributed by atoms with E-state index in [1.807, 2.05) is 0 Å². The van der Waals surface area contributed by atoms with E-state index in [4.69, 9.17) is 10.8 Å². The zero-order chi connectivity index (χ0) is 13.7. The number of phenols is 1. The minimum absolute atomic E-state index is 0.0000705. The molecule has 0 radical (unpaired) electrons. The second kappa shape index (κ2) is 6.19. The number of anilines is 1. The Balaban J connectivity index is 1.85. The first-order valence-electron chi connectivity index (χ1n) is 6.38. The SMILES string of the molecule is N=C(NC(=N)C1CCCCN1)Nc1cccc(O)c1. The summed E-state index contributed by atoms with van der Waals surface area (Å²) in [5, 5.41) is 33.8. The van der Waals surface area contributed by atoms with Crippen LogP contribution in [0.2, 0.25) is 0 Å². The molecule has 1 atom stereocenters. The fraction of sp³-hybridized carbons (Fsp3) is 0.385. The van der Waals surface area contributed by atoms with Gasteiger partial charge in [-0.3, -0.25) is 10.8 Å². The lowest BCUT2D eigenvalue weighted by Crippen LogP contribution is -2.49. The van der Waals surface area contributed by atoms with Crippen molar-refractivity contribution < 1.29 is 5.11 Å². The maximum atomic E-state index is 9.33. The summed E-state index contributed by atoms with van der Waals surface area (Å²) < 4.78 is 0. The van der Waals surface area contributed by atoms with Crippen LogP contribution in [0.4, 0.5) is 5.69 Å². The molecular weight excluding hydrogens is 242 g/mol. The zero-order valence-electron chi connectivity index (χ0n) is 10.7. The van der Waals surface area contributed by atoms with Gasteiger partial charge in [0.15, 0.2) is 5.96 Å². The summed E-state index contributed by atoms with van der Waals surface area (Å²) in [4.78, 5) is 0. The Bertz CT molecular complexity index is 468. The van der Waals surface area contributed by atoms with E-state index in [1.165, 1.54) is 6.07 Å². The first-order valence-corrected chi connectivity index (χ1v) is 6.38. The zero-order valence-corrected chi connectivity index (χ0v) is 10.7. The molecule has 1 heterocycles. The normalized spacial score (nSPS) is 18.6. The smallest absolute Gasteiger partial charge is 0.198 e. The molecule has 1 saturated heterocycles. The lowest BCUT2D eigenvalue weighted by atomic mass is 10.0. The molecule has 19 heavy (non-hydrogen) atoms. The van der Waals surface area contributed by atoms with Gasteiger partial charge in [-0.1, -0.05) is 12.5 Å². The molecule has 0 aromatic heterocycles. The van der Waals surface area contributed by atoms with Crippen LogP contribution >= 0.6 is 0 Å². The Morgan fingerprint density at radius 2 is 2.16 bits per heavy atom. The quantitative estimate of drug-likeness (QED) is 0.358. The molecule has 1 aromatic carbocycles. The second-order valence-electron chi connectivity index (χ2n) is 4.59. The maximum Gasteiger partial charge on any atom is 0.198 e. The molecule has 1 aliphatic rings. The van der Waals surface area contributed by atoms with Crippen molar-refractivity contribution in [1.82, 2.24) is 10.6 Å². The van der Waals surface area contributed by atoms with Gasteiger partial charge in [0, 0.05) is 11.8 Å². The lowest BCUT2D eigenvalue weighted by Gasteiger charge is -2.24. The summed E-state index contributed by atoms with van der Waals surface area (Å²) in [6, 6.07) is 6.53. The van der Waals surface area contributed by atoms with Gasteiger partial charge in [-0.2, -0.15) is 0 Å². The molecule has 0 amide bonds. The molecule has 6 heteroatoms. The number of benzene rings is 1. The number of hydrogen-bond acceptors (Lipinski definition) is 4. The van der Waals surface area contributed by atoms with Gasteiger partial charge in [0.1, 0.15) is 11.6 Å². The molecule has 2 rings (SSSR count). The van der Waals surface area contributed by atoms with Gasteiger partial charge < -0.3 is 21.1 Å². The highest BCUT2D eigenvalue weighted by Crippen LogP contribution is 2.15. The number of amidine groups is 1. The topological polar surface area (TPSA) is 104 Å². The van der Waals surface area contributed by atoms with Gasteiger partial charge in [-0.25, -0.2) is 0 Å². The monoisotopic (exact) mass is 261 g/mol. The lowest BCUT2D eigenvalue weighted by molar-refractivity contribution is 0.466. The third kappa shape index (κ3) is 3.96. The van der Waals surface area contributed by atoms with E-state index in [2.05, 4.69) is 16.0 Å². The van der Waals surface area contributed by atoms with Crippen molar-refractivity contribution in [3.8, 4) is 5.75 Å². The number of aromatic hydroxyl groups is 1. The molecule has 0 aliphatic carbocycles. The predicted octanol–water partition coefficient (Wildman–Crippen LogP) is 1.45. The molecule has 102 valence electrons. The Kier molecular flexibility index (Phi) is 4.35. The largest absolute Gasteiger partial charge is 0.508 e. The Morgan fingerprint density at radius 1 is 1.32 bits per heavy atom. The van der Waals surface area contributed by atoms with E-state index >= 15 is 0 Å². The second-order valence-corrected chi connectivity index (χ2v) is 4.59. The molecule has 1 aromatic rings. The molecule has 1 fully saturated rings. The highest BCUT2D eigenvalue weighted by atomic mass is 16.3. The van der Waals surface area contributed by atoms with Crippen LogP contribution in [0.1, 0.15) is 19.3 Å². The van der Waals surface area contributed by atoms with Crippen molar-refractivity contribution in [2.24, 2.45) is 0 Å². The highest BCUT2D eigenvalue weighted by Gasteiger charge is 2.17. The van der Waals surface area contributed by atoms with Crippen molar-refractivity contribution in [2.45, 2.75) is 25.3 Å². The number of hydrogen-bond donors (Lipinski definition) is 6. The Hall–Kier alpha value is -2.08. The number of nitrogens with one attached hydrogen (secondary N) is 5. The van der Waals surface area contributed by atoms with Crippen LogP contribution in [0.5, 0.6) is 5.75 Å². The van der Waals surface area contributed by atoms with Crippen molar-refractivity contribution >= 4 is 17.5 Å². The van der Waals surface area contributed by atoms with E-state index in [-0.39, 0.29) is 17.8 Å². The minimum atomic E-state index is 0.0000705. The first-order chi connectivity index (χ1) is 9.15. The average Bonchev–Trinajstić information content (AvgIpc) is 2.39. The van der Waals surface area contributed by atoms with Gasteiger partial charge in [0.2, 0.25) is 0 Å². The van der Waals surface area contributed by atoms with Gasteiger partial charge in [-0.05, 0) is 31.5 Å². The Morgan fingerprint density at radius 3 is 2.84 bits per heavy atom. The summed E-state index contributed by atoms with van der Waals surface area (Å²) in [5.41, 5.74) is 0.613. The fourth-order valence-corrected chi connectivity index (χ4v) is 2.08. The van der Waals surface area contributed by atoms with Crippen LogP contribution in [-0.4, -0.2) is 29.5 Å². The summed E-state index contributed by atoms with van der Waals surface area (Å²) in [6.07, 6.45) is 3.17. The summed E-state index contributed by atoms with van der Waals surface area (Å²) in [7, 11) is 0. The predicted molar refractivity (Wildman–Crippen MR) is 76.0 cm³/mol. The van der Waals surface area contributed by atoms with Gasteiger partial charge in [0.05, 0.1) is 6.04 Å². The van der Waals surface area contributed by atoms with Crippen LogP contribution in [0.25, 0.3) is 0 Å². The third-order valence-electron chi connectivity index (χ3n) is 3.03. The minimum Gasteiger partial charge on any atom is -0.508 e. The van der Waals surface area contributed by atoms with E-state index in [9.17, 15) is 5.11 Å². The van der Waals surface area contributed by atoms with E-state index in [0.29, 0.717) is 11.5 Å². The van der Waals surface area contributed by atoms with Crippen molar-refractivity contribution in [2.75, 3.05) is 11.9 Å². The van der Waals surface area contributed by atoms with Crippen LogP contribution in [0, 0.1) is 10.8 Å². The number of piperidine rings is 1. The molecule has 0 spiro atoms. The summed E-state index contributed by atoms with van der Waals surface area (Å²) >= 11 is 0. The van der Waals surface area contributed by atoms with Crippen LogP contribution in [0.15, 0.2) is 24.3 Å². The molecule has 0 saturated carbocycles. The van der Waals surface area contributed by atoms with Gasteiger partial charge >= 0.3 is 0 Å². The first kappa shape index (κ1) is 13.4. The summed E-state index contributed by atoms with van der Waals surface area (Å²) in [5.74, 6) is 0.474. The maximum absolute atomic E-state index is 9.33. The fourth-order valence-electron chi connectivity index (χ4n) is 2.08. The third-order valence-corrected chi connectivity index (χ3v) is 3.03. The van der Waals surface area contributed by atoms with Crippen LogP contribution in [-0.2, 0) is 0 Å². The standard InChI is InChI=1S/C13H19N5O/c14-12(11-6-1-2-7-16-11)18-13(15)17-9-4-3-5-10(19)8-9/h3-5,8,11,16,19H,1-2,6-7H2,(H4,14,15,17,18). The van der Waals surface area contributed by atoms with E-state index in [0.717, 1.165) is 25.8 Å². The Labute approximate surface area is 112 Å². The summed E-state index contributed by atoms with van der Waals surface area (Å²) in [6.45, 7) is 0.919. The van der Waals surface area contributed by atoms with Gasteiger partial charge in [-0.15, -0.1) is 0 Å². The molecule has 0 bridgehead atoms. The molecule has 1 aliphatic heterocycles. The van der Waals surface area contributed by atoms with Crippen molar-refractivity contribution in [1.29, 1.82) is 10.8 Å². The van der Waals surface area contributed by atoms with Crippen molar-refractivity contribution in [3.63, 3.8) is 0 Å². The average molecular weight is 261 g/mol. The highest BCUT2D eigenvalue weighted by molar-refractivity contribution is 6.05. The molecule has 1 unspecified atom stereocenters. The number of phenolic OH excluding ortho intramolecular Hbond substituents is 1. The molecular formula is C13H19N5O. The van der Waals surface area contributed by atoms with E-state index < -0.39 is 0 Å².